The van der Waals surface area contributed by atoms with E-state index in [1.165, 1.54) is 16.3 Å². The lowest BCUT2D eigenvalue weighted by Crippen LogP contribution is -1.41. The highest BCUT2D eigenvalue weighted by molar-refractivity contribution is 6.08. The van der Waals surface area contributed by atoms with Crippen molar-refractivity contribution >= 4 is 10.2 Å². The molecular formula is C4H14Si. The zero-order valence-corrected chi connectivity index (χ0v) is 6.71. The first-order valence-corrected chi connectivity index (χ1v) is 3.83. The van der Waals surface area contributed by atoms with E-state index in [9.17, 15) is 0 Å². The standard InChI is InChI=1S/C2H8Si.C2H6/c1-2-3;1-2/h2H2,1,3H3;1-2H3. The van der Waals surface area contributed by atoms with Crippen LogP contribution in [0.4, 0.5) is 0 Å². The second kappa shape index (κ2) is 29.5. The predicted molar refractivity (Wildman–Crippen MR) is 31.8 cm³/mol. The first-order valence-electron chi connectivity index (χ1n) is 2.41. The molecule has 0 unspecified atom stereocenters. The van der Waals surface area contributed by atoms with E-state index >= 15 is 0 Å². The summed E-state index contributed by atoms with van der Waals surface area (Å²) in [5, 5.41) is 0. The Morgan fingerprint density at radius 3 is 1.40 bits per heavy atom. The summed E-state index contributed by atoms with van der Waals surface area (Å²) in [4.78, 5) is 0. The molecule has 0 rings (SSSR count). The van der Waals surface area contributed by atoms with Gasteiger partial charge in [0.15, 0.2) is 0 Å². The van der Waals surface area contributed by atoms with Gasteiger partial charge >= 0.3 is 0 Å². The predicted octanol–water partition coefficient (Wildman–Crippen LogP) is 0.816. The SMILES string of the molecule is CC.CC[SiH3]. The summed E-state index contributed by atoms with van der Waals surface area (Å²) >= 11 is 0. The molecule has 0 aliphatic carbocycles. The lowest BCUT2D eigenvalue weighted by atomic mass is 11.0. The van der Waals surface area contributed by atoms with Gasteiger partial charge in [0.25, 0.3) is 0 Å². The first-order chi connectivity index (χ1) is 2.41. The van der Waals surface area contributed by atoms with E-state index in [1.54, 1.807) is 0 Å². The van der Waals surface area contributed by atoms with Crippen molar-refractivity contribution in [1.29, 1.82) is 0 Å². The molecule has 34 valence electrons. The van der Waals surface area contributed by atoms with Gasteiger partial charge in [0.1, 0.15) is 0 Å². The van der Waals surface area contributed by atoms with Gasteiger partial charge in [-0.25, -0.2) is 0 Å². The van der Waals surface area contributed by atoms with Crippen molar-refractivity contribution in [2.45, 2.75) is 26.8 Å². The molecule has 0 saturated heterocycles. The zero-order chi connectivity index (χ0) is 4.71. The molecule has 0 radical (unpaired) electrons. The lowest BCUT2D eigenvalue weighted by Gasteiger charge is -1.47. The van der Waals surface area contributed by atoms with Crippen molar-refractivity contribution in [1.82, 2.24) is 0 Å². The van der Waals surface area contributed by atoms with E-state index in [1.807, 2.05) is 13.8 Å². The quantitative estimate of drug-likeness (QED) is 0.386. The molecule has 0 aliphatic rings. The molecule has 0 nitrogen and oxygen atoms in total. The Morgan fingerprint density at radius 2 is 1.40 bits per heavy atom. The third kappa shape index (κ3) is 441. The van der Waals surface area contributed by atoms with Crippen LogP contribution in [0.3, 0.4) is 0 Å². The number of rotatable bonds is 0. The molecule has 0 atom stereocenters. The van der Waals surface area contributed by atoms with Crippen molar-refractivity contribution in [3.05, 3.63) is 0 Å². The van der Waals surface area contributed by atoms with Gasteiger partial charge in [0.05, 0.1) is 0 Å². The van der Waals surface area contributed by atoms with Crippen LogP contribution in [0.1, 0.15) is 20.8 Å². The summed E-state index contributed by atoms with van der Waals surface area (Å²) in [5.41, 5.74) is 0. The first kappa shape index (κ1) is 8.96. The Morgan fingerprint density at radius 1 is 1.40 bits per heavy atom. The average Bonchev–Trinajstić information content (AvgIpc) is 1.46. The van der Waals surface area contributed by atoms with E-state index in [-0.39, 0.29) is 0 Å². The fraction of sp³-hybridized carbons (Fsp3) is 1.00. The minimum absolute atomic E-state index is 1.37. The highest BCUT2D eigenvalue weighted by Gasteiger charge is 1.36. The monoisotopic (exact) mass is 90.1 g/mol. The minimum Gasteiger partial charge on any atom is -0.0686 e. The van der Waals surface area contributed by atoms with Crippen LogP contribution in [0, 0.1) is 0 Å². The molecular weight excluding hydrogens is 76.1 g/mol. The third-order valence-corrected chi connectivity index (χ3v) is 0. The summed E-state index contributed by atoms with van der Waals surface area (Å²) < 4.78 is 0. The molecule has 0 fully saturated rings. The molecule has 0 aliphatic heterocycles. The Balaban J connectivity index is 0. The van der Waals surface area contributed by atoms with Crippen LogP contribution in [0.25, 0.3) is 0 Å². The van der Waals surface area contributed by atoms with Crippen molar-refractivity contribution < 1.29 is 0 Å². The van der Waals surface area contributed by atoms with Gasteiger partial charge < -0.3 is 0 Å². The maximum atomic E-state index is 2.19. The van der Waals surface area contributed by atoms with Crippen LogP contribution >= 0.6 is 0 Å². The fourth-order valence-electron chi connectivity index (χ4n) is 0. The maximum absolute atomic E-state index is 2.19. The normalized spacial score (nSPS) is 5.40. The molecule has 0 N–H and O–H groups in total. The van der Waals surface area contributed by atoms with Gasteiger partial charge in [0.2, 0.25) is 0 Å². The Kier molecular flexibility index (Phi) is 52.8. The van der Waals surface area contributed by atoms with Gasteiger partial charge in [-0.2, -0.15) is 0 Å². The zero-order valence-electron chi connectivity index (χ0n) is 4.71. The molecule has 0 saturated carbocycles. The number of hydrogen-bond donors (Lipinski definition) is 0. The van der Waals surface area contributed by atoms with Crippen molar-refractivity contribution in [3.63, 3.8) is 0 Å². The van der Waals surface area contributed by atoms with E-state index in [4.69, 9.17) is 0 Å². The largest absolute Gasteiger partial charge is 0.0686 e. The van der Waals surface area contributed by atoms with Gasteiger partial charge in [-0.05, 0) is 0 Å². The van der Waals surface area contributed by atoms with Gasteiger partial charge in [0, 0.05) is 10.2 Å². The summed E-state index contributed by atoms with van der Waals surface area (Å²) in [5.74, 6) is 0. The third-order valence-electron chi connectivity index (χ3n) is 0. The van der Waals surface area contributed by atoms with Gasteiger partial charge in [-0.1, -0.05) is 26.8 Å². The molecule has 0 bridgehead atoms. The second-order valence-electron chi connectivity index (χ2n) is 0.707. The van der Waals surface area contributed by atoms with Gasteiger partial charge in [-0.15, -0.1) is 0 Å². The Labute approximate surface area is 38.0 Å². The molecule has 0 aromatic rings. The van der Waals surface area contributed by atoms with E-state index in [0.717, 1.165) is 0 Å². The highest BCUT2D eigenvalue weighted by atomic mass is 28.1. The minimum atomic E-state index is 1.37. The summed E-state index contributed by atoms with van der Waals surface area (Å²) in [7, 11) is 1.37. The van der Waals surface area contributed by atoms with Crippen molar-refractivity contribution in [2.75, 3.05) is 0 Å². The molecule has 0 heterocycles. The molecule has 5 heavy (non-hydrogen) atoms. The lowest BCUT2D eigenvalue weighted by molar-refractivity contribution is 1.48. The van der Waals surface area contributed by atoms with E-state index in [0.29, 0.717) is 0 Å². The number of hydrogen-bond acceptors (Lipinski definition) is 0. The van der Waals surface area contributed by atoms with E-state index < -0.39 is 0 Å². The van der Waals surface area contributed by atoms with E-state index in [2.05, 4.69) is 6.92 Å². The fourth-order valence-corrected chi connectivity index (χ4v) is 0. The van der Waals surface area contributed by atoms with Crippen LogP contribution in [-0.2, 0) is 0 Å². The van der Waals surface area contributed by atoms with Crippen molar-refractivity contribution in [3.8, 4) is 0 Å². The highest BCUT2D eigenvalue weighted by Crippen LogP contribution is 1.49. The average molecular weight is 90.2 g/mol. The molecule has 0 spiro atoms. The molecule has 0 amide bonds. The summed E-state index contributed by atoms with van der Waals surface area (Å²) in [6.07, 6.45) is 0. The Bertz CT molecular complexity index is 3.61. The summed E-state index contributed by atoms with van der Waals surface area (Å²) in [6.45, 7) is 6.19. The van der Waals surface area contributed by atoms with Crippen LogP contribution in [0.5, 0.6) is 0 Å². The Hall–Kier alpha value is 0.217. The van der Waals surface area contributed by atoms with Crippen LogP contribution in [0.2, 0.25) is 6.04 Å². The molecule has 0 aromatic heterocycles. The van der Waals surface area contributed by atoms with Crippen LogP contribution in [0.15, 0.2) is 0 Å². The van der Waals surface area contributed by atoms with Crippen LogP contribution < -0.4 is 0 Å². The second-order valence-corrected chi connectivity index (χ2v) is 2.12. The maximum Gasteiger partial charge on any atom is 0.00244 e. The van der Waals surface area contributed by atoms with Crippen molar-refractivity contribution in [2.24, 2.45) is 0 Å². The molecule has 1 heteroatoms. The summed E-state index contributed by atoms with van der Waals surface area (Å²) in [6, 6.07) is 1.39. The smallest absolute Gasteiger partial charge is 0.00244 e. The molecule has 0 aromatic carbocycles. The van der Waals surface area contributed by atoms with Crippen LogP contribution in [-0.4, -0.2) is 10.2 Å². The van der Waals surface area contributed by atoms with Gasteiger partial charge in [-0.3, -0.25) is 0 Å². The topological polar surface area (TPSA) is 0 Å².